The molecule has 21 heavy (non-hydrogen) atoms. The fourth-order valence-corrected chi connectivity index (χ4v) is 1.61. The van der Waals surface area contributed by atoms with Crippen molar-refractivity contribution in [3.8, 4) is 11.6 Å². The molecule has 1 aromatic carbocycles. The summed E-state index contributed by atoms with van der Waals surface area (Å²) in [5.41, 5.74) is 4.14. The molecule has 0 unspecified atom stereocenters. The van der Waals surface area contributed by atoms with Gasteiger partial charge < -0.3 is 10.5 Å². The lowest BCUT2D eigenvalue weighted by molar-refractivity contribution is -0.140. The number of nitrogens with two attached hydrogens (primary N) is 1. The number of aromatic nitrogens is 2. The zero-order valence-electron chi connectivity index (χ0n) is 10.9. The van der Waals surface area contributed by atoms with Crippen molar-refractivity contribution in [2.45, 2.75) is 19.5 Å². The molecule has 0 saturated carbocycles. The van der Waals surface area contributed by atoms with Gasteiger partial charge in [-0.3, -0.25) is 0 Å². The van der Waals surface area contributed by atoms with Crippen LogP contribution in [0.3, 0.4) is 0 Å². The van der Waals surface area contributed by atoms with E-state index in [0.29, 0.717) is 24.4 Å². The van der Waals surface area contributed by atoms with Crippen LogP contribution in [0.4, 0.5) is 23.4 Å². The highest BCUT2D eigenvalue weighted by atomic mass is 19.4. The summed E-state index contributed by atoms with van der Waals surface area (Å²) in [6.45, 7) is 1.79. The highest BCUT2D eigenvalue weighted by Gasteiger charge is 2.34. The molecular formula is C13H11F4N3O. The number of hydrogen-bond donors (Lipinski definition) is 1. The van der Waals surface area contributed by atoms with Crippen molar-refractivity contribution in [2.75, 3.05) is 5.73 Å². The van der Waals surface area contributed by atoms with Crippen LogP contribution in [0.2, 0.25) is 0 Å². The van der Waals surface area contributed by atoms with Gasteiger partial charge in [0.05, 0.1) is 5.56 Å². The van der Waals surface area contributed by atoms with E-state index in [2.05, 4.69) is 9.97 Å². The van der Waals surface area contributed by atoms with Crippen LogP contribution in [0, 0.1) is 5.82 Å². The Morgan fingerprint density at radius 3 is 2.52 bits per heavy atom. The van der Waals surface area contributed by atoms with Gasteiger partial charge in [0.15, 0.2) is 0 Å². The maximum atomic E-state index is 13.2. The Hall–Kier alpha value is -2.38. The third-order valence-electron chi connectivity index (χ3n) is 2.55. The molecule has 2 rings (SSSR count). The van der Waals surface area contributed by atoms with Gasteiger partial charge in [0.2, 0.25) is 5.88 Å². The van der Waals surface area contributed by atoms with Crippen LogP contribution >= 0.6 is 0 Å². The molecule has 2 N–H and O–H groups in total. The fraction of sp³-hybridized carbons (Fsp3) is 0.231. The minimum atomic E-state index is -4.80. The largest absolute Gasteiger partial charge is 0.439 e. The zero-order chi connectivity index (χ0) is 15.6. The van der Waals surface area contributed by atoms with Gasteiger partial charge in [0.1, 0.15) is 23.2 Å². The molecule has 4 nitrogen and oxygen atoms in total. The van der Waals surface area contributed by atoms with Gasteiger partial charge >= 0.3 is 6.18 Å². The Bertz CT molecular complexity index is 658. The summed E-state index contributed by atoms with van der Waals surface area (Å²) in [7, 11) is 0. The number of halogens is 4. The molecule has 112 valence electrons. The number of benzene rings is 1. The second-order valence-electron chi connectivity index (χ2n) is 4.14. The Morgan fingerprint density at radius 2 is 1.90 bits per heavy atom. The molecule has 1 aromatic heterocycles. The third kappa shape index (κ3) is 3.59. The van der Waals surface area contributed by atoms with Crippen molar-refractivity contribution in [2.24, 2.45) is 0 Å². The lowest BCUT2D eigenvalue weighted by Crippen LogP contribution is -2.08. The van der Waals surface area contributed by atoms with Crippen molar-refractivity contribution in [1.29, 1.82) is 0 Å². The second-order valence-corrected chi connectivity index (χ2v) is 4.14. The summed E-state index contributed by atoms with van der Waals surface area (Å²) in [5, 5.41) is 0. The van der Waals surface area contributed by atoms with Gasteiger partial charge in [-0.05, 0) is 18.2 Å². The Kier molecular flexibility index (Phi) is 3.97. The molecule has 0 aliphatic carbocycles. The molecule has 0 amide bonds. The molecule has 1 heterocycles. The topological polar surface area (TPSA) is 61.0 Å². The Labute approximate surface area is 117 Å². The number of alkyl halides is 3. The van der Waals surface area contributed by atoms with Crippen molar-refractivity contribution >= 4 is 5.82 Å². The molecule has 0 bridgehead atoms. The van der Waals surface area contributed by atoms with Gasteiger partial charge in [-0.1, -0.05) is 6.92 Å². The zero-order valence-corrected chi connectivity index (χ0v) is 10.9. The number of ether oxygens (including phenoxy) is 1. The van der Waals surface area contributed by atoms with E-state index in [9.17, 15) is 17.6 Å². The normalized spacial score (nSPS) is 11.5. The van der Waals surface area contributed by atoms with E-state index in [1.165, 1.54) is 6.07 Å². The summed E-state index contributed by atoms with van der Waals surface area (Å²) in [6.07, 6.45) is -4.32. The first-order valence-corrected chi connectivity index (χ1v) is 5.97. The highest BCUT2D eigenvalue weighted by molar-refractivity contribution is 5.38. The first-order chi connectivity index (χ1) is 9.79. The van der Waals surface area contributed by atoms with Crippen LogP contribution in [-0.2, 0) is 12.6 Å². The first kappa shape index (κ1) is 15.0. The number of hydrogen-bond acceptors (Lipinski definition) is 4. The lowest BCUT2D eigenvalue weighted by Gasteiger charge is -2.11. The maximum absolute atomic E-state index is 13.2. The lowest BCUT2D eigenvalue weighted by atomic mass is 10.2. The van der Waals surface area contributed by atoms with Gasteiger partial charge in [0, 0.05) is 12.5 Å². The molecule has 0 spiro atoms. The molecule has 2 aromatic rings. The number of rotatable bonds is 3. The average molecular weight is 301 g/mol. The van der Waals surface area contributed by atoms with Crippen molar-refractivity contribution in [1.82, 2.24) is 9.97 Å². The molecule has 0 radical (unpaired) electrons. The fourth-order valence-electron chi connectivity index (χ4n) is 1.61. The quantitative estimate of drug-likeness (QED) is 0.880. The summed E-state index contributed by atoms with van der Waals surface area (Å²) in [4.78, 5) is 7.88. The SMILES string of the molecule is CCc1nc(N)cc(Oc2ccc(F)c(C(F)(F)F)c2)n1. The predicted molar refractivity (Wildman–Crippen MR) is 67.3 cm³/mol. The van der Waals surface area contributed by atoms with Crippen LogP contribution in [0.25, 0.3) is 0 Å². The van der Waals surface area contributed by atoms with E-state index in [1.54, 1.807) is 6.92 Å². The molecule has 8 heteroatoms. The van der Waals surface area contributed by atoms with Gasteiger partial charge in [0.25, 0.3) is 0 Å². The molecule has 0 aliphatic rings. The summed E-state index contributed by atoms with van der Waals surface area (Å²) in [6, 6.07) is 3.60. The van der Waals surface area contributed by atoms with E-state index in [4.69, 9.17) is 10.5 Å². The third-order valence-corrected chi connectivity index (χ3v) is 2.55. The summed E-state index contributed by atoms with van der Waals surface area (Å²) >= 11 is 0. The average Bonchev–Trinajstić information content (AvgIpc) is 2.39. The van der Waals surface area contributed by atoms with E-state index < -0.39 is 17.6 Å². The van der Waals surface area contributed by atoms with Crippen molar-refractivity contribution in [3.63, 3.8) is 0 Å². The number of nitrogens with zero attached hydrogens (tertiary/aromatic N) is 2. The van der Waals surface area contributed by atoms with Crippen LogP contribution in [0.15, 0.2) is 24.3 Å². The van der Waals surface area contributed by atoms with Crippen LogP contribution < -0.4 is 10.5 Å². The second kappa shape index (κ2) is 5.55. The van der Waals surface area contributed by atoms with Crippen LogP contribution in [0.5, 0.6) is 11.6 Å². The molecule has 0 saturated heterocycles. The smallest absolute Gasteiger partial charge is 0.419 e. The van der Waals surface area contributed by atoms with E-state index in [-0.39, 0.29) is 17.4 Å². The minimum absolute atomic E-state index is 0.000849. The van der Waals surface area contributed by atoms with E-state index in [0.717, 1.165) is 6.07 Å². The number of nitrogen functional groups attached to an aromatic ring is 1. The summed E-state index contributed by atoms with van der Waals surface area (Å²) < 4.78 is 56.2. The Balaban J connectivity index is 2.34. The van der Waals surface area contributed by atoms with Crippen molar-refractivity contribution in [3.05, 3.63) is 41.5 Å². The van der Waals surface area contributed by atoms with Crippen LogP contribution in [-0.4, -0.2) is 9.97 Å². The maximum Gasteiger partial charge on any atom is 0.419 e. The van der Waals surface area contributed by atoms with Gasteiger partial charge in [-0.25, -0.2) is 9.37 Å². The Morgan fingerprint density at radius 1 is 1.19 bits per heavy atom. The standard InChI is InChI=1S/C13H11F4N3O/c1-2-11-19-10(18)6-12(20-11)21-7-3-4-9(14)8(5-7)13(15,16)17/h3-6H,2H2,1H3,(H2,18,19,20). The molecule has 0 aliphatic heterocycles. The first-order valence-electron chi connectivity index (χ1n) is 5.97. The van der Waals surface area contributed by atoms with E-state index >= 15 is 0 Å². The highest BCUT2D eigenvalue weighted by Crippen LogP contribution is 2.34. The van der Waals surface area contributed by atoms with Crippen LogP contribution in [0.1, 0.15) is 18.3 Å². The minimum Gasteiger partial charge on any atom is -0.439 e. The number of anilines is 1. The molecule has 0 fully saturated rings. The number of aryl methyl sites for hydroxylation is 1. The molecule has 0 atom stereocenters. The molecular weight excluding hydrogens is 290 g/mol. The van der Waals surface area contributed by atoms with Gasteiger partial charge in [-0.15, -0.1) is 0 Å². The van der Waals surface area contributed by atoms with Gasteiger partial charge in [-0.2, -0.15) is 18.2 Å². The summed E-state index contributed by atoms with van der Waals surface area (Å²) in [5.74, 6) is -1.03. The van der Waals surface area contributed by atoms with Crippen molar-refractivity contribution < 1.29 is 22.3 Å². The monoisotopic (exact) mass is 301 g/mol. The predicted octanol–water partition coefficient (Wildman–Crippen LogP) is 3.57. The van der Waals surface area contributed by atoms with E-state index in [1.807, 2.05) is 0 Å².